The third kappa shape index (κ3) is 29.7. The standard InChI is InChI=1S/C34H66O5/c1-3-5-7-14-21-27-32(28-22-16-11-9-12-17-23-29-33(36)37)39-34(38)30-24-18-13-8-10-15-20-26-31(35)25-19-6-4-2/h31-32,35H,3-30H2,1-2H3,(H,36,37). The summed E-state index contributed by atoms with van der Waals surface area (Å²) < 4.78 is 5.94. The molecule has 0 amide bonds. The van der Waals surface area contributed by atoms with E-state index in [1.165, 1.54) is 83.5 Å². The van der Waals surface area contributed by atoms with Crippen LogP contribution in [0.5, 0.6) is 0 Å². The minimum Gasteiger partial charge on any atom is -0.481 e. The molecule has 0 aliphatic rings. The van der Waals surface area contributed by atoms with Gasteiger partial charge in [0.05, 0.1) is 6.10 Å². The second-order valence-corrected chi connectivity index (χ2v) is 11.9. The topological polar surface area (TPSA) is 83.8 Å². The predicted molar refractivity (Wildman–Crippen MR) is 164 cm³/mol. The average molecular weight is 555 g/mol. The van der Waals surface area contributed by atoms with Gasteiger partial charge in [-0.1, -0.05) is 129 Å². The number of carboxylic acids is 1. The minimum absolute atomic E-state index is 0.0101. The molecule has 0 aliphatic heterocycles. The van der Waals surface area contributed by atoms with E-state index in [4.69, 9.17) is 9.84 Å². The normalized spacial score (nSPS) is 12.9. The van der Waals surface area contributed by atoms with Crippen LogP contribution in [0.1, 0.15) is 194 Å². The molecule has 0 rings (SSSR count). The van der Waals surface area contributed by atoms with Gasteiger partial charge in [0, 0.05) is 12.8 Å². The zero-order valence-electron chi connectivity index (χ0n) is 26.1. The third-order valence-corrected chi connectivity index (χ3v) is 7.90. The maximum atomic E-state index is 12.5. The number of aliphatic hydroxyl groups excluding tert-OH is 1. The Balaban J connectivity index is 3.92. The van der Waals surface area contributed by atoms with Crippen molar-refractivity contribution < 1.29 is 24.5 Å². The van der Waals surface area contributed by atoms with Crippen molar-refractivity contribution in [2.45, 2.75) is 206 Å². The fourth-order valence-electron chi connectivity index (χ4n) is 5.32. The summed E-state index contributed by atoms with van der Waals surface area (Å²) in [5.41, 5.74) is 0. The van der Waals surface area contributed by atoms with Gasteiger partial charge in [-0.25, -0.2) is 0 Å². The van der Waals surface area contributed by atoms with Crippen LogP contribution in [0, 0.1) is 0 Å². The Labute approximate surface area is 242 Å². The van der Waals surface area contributed by atoms with Crippen LogP contribution in [-0.4, -0.2) is 34.4 Å². The van der Waals surface area contributed by atoms with Crippen LogP contribution in [0.3, 0.4) is 0 Å². The molecule has 232 valence electrons. The Morgan fingerprint density at radius 3 is 1.36 bits per heavy atom. The van der Waals surface area contributed by atoms with Crippen LogP contribution in [0.15, 0.2) is 0 Å². The first-order chi connectivity index (χ1) is 19.0. The van der Waals surface area contributed by atoms with Crippen molar-refractivity contribution in [3.63, 3.8) is 0 Å². The number of hydrogen-bond acceptors (Lipinski definition) is 4. The van der Waals surface area contributed by atoms with Gasteiger partial charge >= 0.3 is 11.9 Å². The van der Waals surface area contributed by atoms with Crippen molar-refractivity contribution in [2.24, 2.45) is 0 Å². The fourth-order valence-corrected chi connectivity index (χ4v) is 5.32. The number of carboxylic acid groups (broad SMARTS) is 1. The Morgan fingerprint density at radius 1 is 0.513 bits per heavy atom. The third-order valence-electron chi connectivity index (χ3n) is 7.90. The van der Waals surface area contributed by atoms with E-state index in [1.54, 1.807) is 0 Å². The lowest BCUT2D eigenvalue weighted by Gasteiger charge is -2.18. The molecule has 0 bridgehead atoms. The molecule has 2 unspecified atom stereocenters. The molecule has 0 spiro atoms. The van der Waals surface area contributed by atoms with Gasteiger partial charge in [0.2, 0.25) is 0 Å². The number of carbonyl (C=O) groups is 2. The van der Waals surface area contributed by atoms with Crippen molar-refractivity contribution in [3.05, 3.63) is 0 Å². The molecule has 0 aromatic rings. The fraction of sp³-hybridized carbons (Fsp3) is 0.941. The van der Waals surface area contributed by atoms with Crippen molar-refractivity contribution in [2.75, 3.05) is 0 Å². The lowest BCUT2D eigenvalue weighted by Crippen LogP contribution is -2.18. The number of carbonyl (C=O) groups excluding carboxylic acids is 1. The van der Waals surface area contributed by atoms with Crippen LogP contribution < -0.4 is 0 Å². The summed E-state index contributed by atoms with van der Waals surface area (Å²) in [7, 11) is 0. The molecule has 2 atom stereocenters. The SMILES string of the molecule is CCCCCCCC(CCCCCCCCCC(=O)O)OC(=O)CCCCCCCCCC(O)CCCCC. The van der Waals surface area contributed by atoms with Gasteiger partial charge < -0.3 is 14.9 Å². The van der Waals surface area contributed by atoms with Crippen molar-refractivity contribution in [1.29, 1.82) is 0 Å². The highest BCUT2D eigenvalue weighted by Crippen LogP contribution is 2.19. The number of hydrogen-bond donors (Lipinski definition) is 2. The molecule has 2 N–H and O–H groups in total. The highest BCUT2D eigenvalue weighted by Gasteiger charge is 2.14. The zero-order valence-corrected chi connectivity index (χ0v) is 26.1. The summed E-state index contributed by atoms with van der Waals surface area (Å²) in [6.45, 7) is 4.43. The van der Waals surface area contributed by atoms with E-state index in [0.717, 1.165) is 83.5 Å². The highest BCUT2D eigenvalue weighted by atomic mass is 16.5. The molecule has 0 aromatic heterocycles. The van der Waals surface area contributed by atoms with Crippen LogP contribution in [0.4, 0.5) is 0 Å². The number of unbranched alkanes of at least 4 members (excludes halogenated alkanes) is 18. The summed E-state index contributed by atoms with van der Waals surface area (Å²) in [4.78, 5) is 23.1. The summed E-state index contributed by atoms with van der Waals surface area (Å²) in [5, 5.41) is 18.7. The monoisotopic (exact) mass is 554 g/mol. The number of ether oxygens (including phenoxy) is 1. The van der Waals surface area contributed by atoms with Gasteiger partial charge in [-0.05, 0) is 51.4 Å². The smallest absolute Gasteiger partial charge is 0.306 e. The van der Waals surface area contributed by atoms with Gasteiger partial charge in [-0.15, -0.1) is 0 Å². The molecular formula is C34H66O5. The maximum Gasteiger partial charge on any atom is 0.306 e. The molecule has 0 radical (unpaired) electrons. The van der Waals surface area contributed by atoms with Gasteiger partial charge in [-0.3, -0.25) is 9.59 Å². The lowest BCUT2D eigenvalue weighted by molar-refractivity contribution is -0.150. The van der Waals surface area contributed by atoms with Crippen LogP contribution in [0.2, 0.25) is 0 Å². The van der Waals surface area contributed by atoms with Crippen molar-refractivity contribution in [1.82, 2.24) is 0 Å². The van der Waals surface area contributed by atoms with E-state index in [0.29, 0.717) is 6.42 Å². The van der Waals surface area contributed by atoms with E-state index in [-0.39, 0.29) is 24.6 Å². The van der Waals surface area contributed by atoms with E-state index in [1.807, 2.05) is 0 Å². The second kappa shape index (κ2) is 29.9. The predicted octanol–water partition coefficient (Wildman–Crippen LogP) is 10.3. The Kier molecular flexibility index (Phi) is 29.0. The van der Waals surface area contributed by atoms with E-state index >= 15 is 0 Å². The van der Waals surface area contributed by atoms with E-state index in [2.05, 4.69) is 13.8 Å². The van der Waals surface area contributed by atoms with Gasteiger partial charge in [0.15, 0.2) is 0 Å². The van der Waals surface area contributed by atoms with Crippen LogP contribution >= 0.6 is 0 Å². The molecule has 5 heteroatoms. The largest absolute Gasteiger partial charge is 0.481 e. The average Bonchev–Trinajstić information content (AvgIpc) is 2.90. The van der Waals surface area contributed by atoms with E-state index in [9.17, 15) is 14.7 Å². The summed E-state index contributed by atoms with van der Waals surface area (Å²) >= 11 is 0. The number of rotatable bonds is 31. The van der Waals surface area contributed by atoms with Crippen molar-refractivity contribution >= 4 is 11.9 Å². The molecule has 0 saturated heterocycles. The number of aliphatic carboxylic acids is 1. The summed E-state index contributed by atoms with van der Waals surface area (Å²) in [6.07, 6.45) is 30.0. The summed E-state index contributed by atoms with van der Waals surface area (Å²) in [6, 6.07) is 0. The highest BCUT2D eigenvalue weighted by molar-refractivity contribution is 5.69. The quantitative estimate of drug-likeness (QED) is 0.0657. The van der Waals surface area contributed by atoms with Gasteiger partial charge in [0.25, 0.3) is 0 Å². The molecule has 0 saturated carbocycles. The molecule has 0 heterocycles. The Hall–Kier alpha value is -1.10. The molecule has 0 aromatic carbocycles. The lowest BCUT2D eigenvalue weighted by atomic mass is 10.0. The summed E-state index contributed by atoms with van der Waals surface area (Å²) in [5.74, 6) is -0.703. The van der Waals surface area contributed by atoms with Gasteiger partial charge in [-0.2, -0.15) is 0 Å². The van der Waals surface area contributed by atoms with Gasteiger partial charge in [0.1, 0.15) is 6.10 Å². The first-order valence-electron chi connectivity index (χ1n) is 17.1. The maximum absolute atomic E-state index is 12.5. The first-order valence-corrected chi connectivity index (χ1v) is 17.1. The Morgan fingerprint density at radius 2 is 0.872 bits per heavy atom. The zero-order chi connectivity index (χ0) is 28.8. The molecule has 39 heavy (non-hydrogen) atoms. The van der Waals surface area contributed by atoms with Crippen LogP contribution in [0.25, 0.3) is 0 Å². The molecular weight excluding hydrogens is 488 g/mol. The first kappa shape index (κ1) is 37.9. The van der Waals surface area contributed by atoms with Crippen molar-refractivity contribution in [3.8, 4) is 0 Å². The number of aliphatic hydroxyl groups is 1. The number of esters is 1. The Bertz CT molecular complexity index is 536. The van der Waals surface area contributed by atoms with Crippen LogP contribution in [-0.2, 0) is 14.3 Å². The molecule has 0 fully saturated rings. The van der Waals surface area contributed by atoms with E-state index < -0.39 is 5.97 Å². The molecule has 0 aliphatic carbocycles. The molecule has 5 nitrogen and oxygen atoms in total. The minimum atomic E-state index is -0.693. The second-order valence-electron chi connectivity index (χ2n) is 11.9.